The van der Waals surface area contributed by atoms with E-state index in [0.717, 1.165) is 21.9 Å². The van der Waals surface area contributed by atoms with E-state index < -0.39 is 15.9 Å². The number of thiocarbonyl (C=S) groups is 1. The van der Waals surface area contributed by atoms with Gasteiger partial charge in [-0.1, -0.05) is 18.2 Å². The van der Waals surface area contributed by atoms with Gasteiger partial charge in [-0.2, -0.15) is 4.31 Å². The molecule has 0 radical (unpaired) electrons. The van der Waals surface area contributed by atoms with Crippen LogP contribution in [0.4, 0.5) is 5.13 Å². The molecule has 0 aliphatic carbocycles. The summed E-state index contributed by atoms with van der Waals surface area (Å²) < 4.78 is 32.1. The number of morpholine rings is 1. The molecule has 2 aliphatic rings. The van der Waals surface area contributed by atoms with Crippen LogP contribution in [0.3, 0.4) is 0 Å². The number of hydrogen-bond donors (Lipinski definition) is 2. The quantitative estimate of drug-likeness (QED) is 0.492. The van der Waals surface area contributed by atoms with Gasteiger partial charge in [-0.15, -0.1) is 23.1 Å². The minimum absolute atomic E-state index is 0.127. The van der Waals surface area contributed by atoms with Gasteiger partial charge in [0.2, 0.25) is 10.0 Å². The molecule has 1 fully saturated rings. The second kappa shape index (κ2) is 9.72. The minimum Gasteiger partial charge on any atom is -0.379 e. The van der Waals surface area contributed by atoms with E-state index in [2.05, 4.69) is 21.7 Å². The number of rotatable bonds is 4. The summed E-state index contributed by atoms with van der Waals surface area (Å²) in [6.45, 7) is 1.37. The lowest BCUT2D eigenvalue weighted by molar-refractivity contribution is 0.0730. The van der Waals surface area contributed by atoms with E-state index in [9.17, 15) is 13.2 Å². The Morgan fingerprint density at radius 3 is 2.59 bits per heavy atom. The number of carbonyl (C=O) groups excluding carboxylic acids is 1. The number of anilines is 1. The van der Waals surface area contributed by atoms with Gasteiger partial charge < -0.3 is 10.1 Å². The van der Waals surface area contributed by atoms with Crippen molar-refractivity contribution in [2.45, 2.75) is 15.5 Å². The Balaban J connectivity index is 1.23. The van der Waals surface area contributed by atoms with E-state index in [1.54, 1.807) is 11.8 Å². The fourth-order valence-electron chi connectivity index (χ4n) is 3.66. The third-order valence-electron chi connectivity index (χ3n) is 5.37. The molecule has 3 aromatic rings. The highest BCUT2D eigenvalue weighted by molar-refractivity contribution is 7.98. The second-order valence-electron chi connectivity index (χ2n) is 7.52. The Hall–Kier alpha value is -2.35. The summed E-state index contributed by atoms with van der Waals surface area (Å²) in [5.74, 6) is 0.403. The molecular formula is C22H20N4O4S4. The van der Waals surface area contributed by atoms with Gasteiger partial charge in [-0.05, 0) is 42.5 Å². The summed E-state index contributed by atoms with van der Waals surface area (Å²) in [5, 5.41) is 6.36. The smallest absolute Gasteiger partial charge is 0.257 e. The minimum atomic E-state index is -3.62. The van der Waals surface area contributed by atoms with E-state index >= 15 is 0 Å². The van der Waals surface area contributed by atoms with Crippen molar-refractivity contribution >= 4 is 61.5 Å². The predicted molar refractivity (Wildman–Crippen MR) is 137 cm³/mol. The summed E-state index contributed by atoms with van der Waals surface area (Å²) in [5.41, 5.74) is 2.34. The number of fused-ring (bicyclic) bond motifs is 3. The van der Waals surface area contributed by atoms with Crippen LogP contribution in [0.25, 0.3) is 11.3 Å². The van der Waals surface area contributed by atoms with Crippen LogP contribution in [0, 0.1) is 0 Å². The van der Waals surface area contributed by atoms with Gasteiger partial charge in [0, 0.05) is 39.7 Å². The second-order valence-corrected chi connectivity index (χ2v) is 12.0. The van der Waals surface area contributed by atoms with E-state index in [0.29, 0.717) is 37.0 Å². The average Bonchev–Trinajstić information content (AvgIpc) is 3.27. The molecule has 0 spiro atoms. The highest BCUT2D eigenvalue weighted by atomic mass is 32.2. The Morgan fingerprint density at radius 2 is 1.82 bits per heavy atom. The molecule has 176 valence electrons. The molecule has 0 atom stereocenters. The first-order chi connectivity index (χ1) is 16.4. The number of thiazole rings is 1. The lowest BCUT2D eigenvalue weighted by Gasteiger charge is -2.26. The molecule has 2 N–H and O–H groups in total. The summed E-state index contributed by atoms with van der Waals surface area (Å²) in [6, 6.07) is 13.9. The molecule has 2 aromatic carbocycles. The lowest BCUT2D eigenvalue weighted by atomic mass is 10.1. The van der Waals surface area contributed by atoms with Crippen LogP contribution in [0.5, 0.6) is 0 Å². The zero-order chi connectivity index (χ0) is 23.7. The highest BCUT2D eigenvalue weighted by Gasteiger charge is 2.26. The number of aromatic nitrogens is 1. The van der Waals surface area contributed by atoms with Crippen LogP contribution in [0.1, 0.15) is 15.2 Å². The van der Waals surface area contributed by atoms with E-state index in [1.807, 2.05) is 18.2 Å². The molecular weight excluding hydrogens is 513 g/mol. The summed E-state index contributed by atoms with van der Waals surface area (Å²) in [6.07, 6.45) is 0. The van der Waals surface area contributed by atoms with Crippen molar-refractivity contribution in [2.24, 2.45) is 0 Å². The van der Waals surface area contributed by atoms with Crippen molar-refractivity contribution in [3.05, 3.63) is 59.0 Å². The summed E-state index contributed by atoms with van der Waals surface area (Å²) in [7, 11) is -3.62. The first-order valence-corrected chi connectivity index (χ1v) is 14.1. The van der Waals surface area contributed by atoms with E-state index in [-0.39, 0.29) is 10.0 Å². The SMILES string of the molecule is O=C(NC(=S)Nc1nc2c(s1)CSc1ccccc1-2)c1ccc(S(=O)(=O)N2CCOCC2)cc1. The molecule has 8 nitrogen and oxygen atoms in total. The van der Waals surface area contributed by atoms with E-state index in [1.165, 1.54) is 44.8 Å². The summed E-state index contributed by atoms with van der Waals surface area (Å²) in [4.78, 5) is 19.8. The van der Waals surface area contributed by atoms with Gasteiger partial charge in [0.15, 0.2) is 10.2 Å². The van der Waals surface area contributed by atoms with Crippen LogP contribution in [-0.2, 0) is 20.5 Å². The van der Waals surface area contributed by atoms with Crippen LogP contribution in [-0.4, -0.2) is 55.0 Å². The normalized spacial score (nSPS) is 15.8. The highest BCUT2D eigenvalue weighted by Crippen LogP contribution is 2.44. The maximum Gasteiger partial charge on any atom is 0.257 e. The number of hydrogen-bond acceptors (Lipinski definition) is 8. The number of nitrogens with zero attached hydrogens (tertiary/aromatic N) is 2. The lowest BCUT2D eigenvalue weighted by Crippen LogP contribution is -2.40. The topological polar surface area (TPSA) is 101 Å². The van der Waals surface area contributed by atoms with Crippen molar-refractivity contribution < 1.29 is 17.9 Å². The van der Waals surface area contributed by atoms with Gasteiger partial charge in [-0.25, -0.2) is 13.4 Å². The van der Waals surface area contributed by atoms with Gasteiger partial charge in [-0.3, -0.25) is 10.1 Å². The first-order valence-electron chi connectivity index (χ1n) is 10.4. The zero-order valence-corrected chi connectivity index (χ0v) is 21.1. The zero-order valence-electron chi connectivity index (χ0n) is 17.8. The Labute approximate surface area is 210 Å². The van der Waals surface area contributed by atoms with Crippen molar-refractivity contribution in [2.75, 3.05) is 31.6 Å². The number of benzene rings is 2. The van der Waals surface area contributed by atoms with Crippen molar-refractivity contribution in [1.29, 1.82) is 0 Å². The number of sulfonamides is 1. The van der Waals surface area contributed by atoms with Gasteiger partial charge >= 0.3 is 0 Å². The Kier molecular flexibility index (Phi) is 6.69. The maximum atomic E-state index is 12.7. The molecule has 0 bridgehead atoms. The monoisotopic (exact) mass is 532 g/mol. The molecule has 34 heavy (non-hydrogen) atoms. The third kappa shape index (κ3) is 4.74. The van der Waals surface area contributed by atoms with Gasteiger partial charge in [0.1, 0.15) is 0 Å². The standard InChI is InChI=1S/C22H20N4O4S4/c27-20(14-5-7-15(8-6-14)34(28,29)26-9-11-30-12-10-26)24-21(31)25-22-23-19-16-3-1-2-4-17(16)32-13-18(19)33-22/h1-8H,9-13H2,(H2,23,24,25,27,31). The average molecular weight is 533 g/mol. The first kappa shape index (κ1) is 23.4. The van der Waals surface area contributed by atoms with E-state index in [4.69, 9.17) is 17.0 Å². The molecule has 1 saturated heterocycles. The van der Waals surface area contributed by atoms with Crippen molar-refractivity contribution in [3.8, 4) is 11.3 Å². The fraction of sp³-hybridized carbons (Fsp3) is 0.227. The number of carbonyl (C=O) groups is 1. The molecule has 5 rings (SSSR count). The van der Waals surface area contributed by atoms with Crippen LogP contribution < -0.4 is 10.6 Å². The van der Waals surface area contributed by atoms with Crippen molar-refractivity contribution in [3.63, 3.8) is 0 Å². The number of nitrogens with one attached hydrogen (secondary N) is 2. The number of thioether (sulfide) groups is 1. The number of amides is 1. The molecule has 1 amide bonds. The predicted octanol–water partition coefficient (Wildman–Crippen LogP) is 3.56. The molecule has 2 aliphatic heterocycles. The van der Waals surface area contributed by atoms with Gasteiger partial charge in [0.25, 0.3) is 5.91 Å². The third-order valence-corrected chi connectivity index (χ3v) is 9.74. The summed E-state index contributed by atoms with van der Waals surface area (Å²) >= 11 is 8.58. The molecule has 1 aromatic heterocycles. The molecule has 3 heterocycles. The Morgan fingerprint density at radius 1 is 1.09 bits per heavy atom. The van der Waals surface area contributed by atoms with Crippen LogP contribution in [0.2, 0.25) is 0 Å². The molecule has 0 unspecified atom stereocenters. The largest absolute Gasteiger partial charge is 0.379 e. The van der Waals surface area contributed by atoms with Crippen molar-refractivity contribution in [1.82, 2.24) is 14.6 Å². The van der Waals surface area contributed by atoms with Gasteiger partial charge in [0.05, 0.1) is 23.8 Å². The molecule has 12 heteroatoms. The van der Waals surface area contributed by atoms with Crippen LogP contribution in [0.15, 0.2) is 58.3 Å². The molecule has 0 saturated carbocycles. The number of ether oxygens (including phenoxy) is 1. The fourth-order valence-corrected chi connectivity index (χ4v) is 7.43. The Bertz CT molecular complexity index is 1350. The maximum absolute atomic E-state index is 12.7. The van der Waals surface area contributed by atoms with Crippen LogP contribution >= 0.6 is 35.3 Å².